The third-order valence-corrected chi connectivity index (χ3v) is 4.59. The zero-order chi connectivity index (χ0) is 8.58. The summed E-state index contributed by atoms with van der Waals surface area (Å²) in [6.45, 7) is 0. The lowest BCUT2D eigenvalue weighted by atomic mass is 11.9. The summed E-state index contributed by atoms with van der Waals surface area (Å²) < 4.78 is 53.1. The van der Waals surface area contributed by atoms with E-state index in [9.17, 15) is 16.8 Å². The van der Waals surface area contributed by atoms with E-state index < -0.39 is 24.2 Å². The van der Waals surface area contributed by atoms with Gasteiger partial charge in [0, 0.05) is 0 Å². The molecule has 0 bridgehead atoms. The van der Waals surface area contributed by atoms with Gasteiger partial charge in [-0.2, -0.15) is 16.8 Å². The molecule has 0 fully saturated rings. The van der Waals surface area contributed by atoms with Gasteiger partial charge < -0.3 is 0 Å². The van der Waals surface area contributed by atoms with Crippen molar-refractivity contribution in [2.75, 3.05) is 0 Å². The van der Waals surface area contributed by atoms with Crippen LogP contribution in [-0.2, 0) is 20.2 Å². The second kappa shape index (κ2) is 2.66. The zero-order valence-electron chi connectivity index (χ0n) is 4.37. The predicted octanol–water partition coefficient (Wildman–Crippen LogP) is -1.02. The van der Waals surface area contributed by atoms with Gasteiger partial charge in [-0.1, -0.05) is 0 Å². The van der Waals surface area contributed by atoms with Crippen LogP contribution in [0.25, 0.3) is 0 Å². The van der Waals surface area contributed by atoms with Crippen LogP contribution in [0.2, 0.25) is 0 Å². The predicted molar refractivity (Wildman–Crippen MR) is 35.9 cm³/mol. The van der Waals surface area contributed by atoms with Crippen LogP contribution in [0.3, 0.4) is 0 Å². The largest absolute Gasteiger partial charge is 0.294 e. The van der Waals surface area contributed by atoms with Crippen LogP contribution >= 0.6 is 12.6 Å². The molecule has 0 aliphatic carbocycles. The highest BCUT2D eigenvalue weighted by Gasteiger charge is 2.31. The molecule has 0 aliphatic rings. The first-order chi connectivity index (χ1) is 4.15. The van der Waals surface area contributed by atoms with Gasteiger partial charge in [-0.25, -0.2) is 0 Å². The van der Waals surface area contributed by atoms with Crippen LogP contribution in [0, 0.1) is 0 Å². The van der Waals surface area contributed by atoms with Crippen LogP contribution < -0.4 is 0 Å². The molecule has 2 N–H and O–H groups in total. The van der Waals surface area contributed by atoms with E-state index in [4.69, 9.17) is 9.11 Å². The minimum Gasteiger partial charge on any atom is -0.284 e. The standard InChI is InChI=1S/CH4O6S3/c2-9(3,4)1(8)10(5,6)7/h1,8H,(H,2,3,4)(H,5,6,7). The Bertz CT molecular complexity index is 262. The normalized spacial score (nSPS) is 14.0. The van der Waals surface area contributed by atoms with Gasteiger partial charge in [-0.05, 0) is 0 Å². The Morgan fingerprint density at radius 1 is 1.00 bits per heavy atom. The highest BCUT2D eigenvalue weighted by atomic mass is 32.3. The third-order valence-electron chi connectivity index (χ3n) is 0.510. The topological polar surface area (TPSA) is 109 Å². The van der Waals surface area contributed by atoms with E-state index in [-0.39, 0.29) is 0 Å². The van der Waals surface area contributed by atoms with Crippen LogP contribution in [0.15, 0.2) is 0 Å². The highest BCUT2D eigenvalue weighted by Crippen LogP contribution is 2.09. The van der Waals surface area contributed by atoms with Crippen molar-refractivity contribution in [1.82, 2.24) is 0 Å². The van der Waals surface area contributed by atoms with Gasteiger partial charge >= 0.3 is 0 Å². The van der Waals surface area contributed by atoms with Crippen molar-refractivity contribution >= 4 is 32.9 Å². The maximum absolute atomic E-state index is 9.92. The molecule has 0 aromatic heterocycles. The van der Waals surface area contributed by atoms with E-state index in [2.05, 4.69) is 12.6 Å². The van der Waals surface area contributed by atoms with E-state index in [1.165, 1.54) is 0 Å². The molecule has 10 heavy (non-hydrogen) atoms. The Labute approximate surface area is 63.2 Å². The Hall–Kier alpha value is 0.170. The maximum atomic E-state index is 9.92. The summed E-state index contributed by atoms with van der Waals surface area (Å²) in [4.78, 5) is 0. The van der Waals surface area contributed by atoms with Gasteiger partial charge in [0.05, 0.1) is 0 Å². The average molecular weight is 208 g/mol. The van der Waals surface area contributed by atoms with Gasteiger partial charge in [-0.3, -0.25) is 9.11 Å². The summed E-state index contributed by atoms with van der Waals surface area (Å²) in [7, 11) is -9.67. The quantitative estimate of drug-likeness (QED) is 0.395. The summed E-state index contributed by atoms with van der Waals surface area (Å²) >= 11 is 2.92. The van der Waals surface area contributed by atoms with Crippen molar-refractivity contribution in [2.24, 2.45) is 0 Å². The lowest BCUT2D eigenvalue weighted by molar-refractivity contribution is 0.468. The van der Waals surface area contributed by atoms with E-state index in [1.54, 1.807) is 0 Å². The molecule has 0 aromatic carbocycles. The molecular formula is CH4O6S3. The Balaban J connectivity index is 4.94. The summed E-state index contributed by atoms with van der Waals surface area (Å²) in [5.74, 6) is 0. The first-order valence-electron chi connectivity index (χ1n) is 1.76. The smallest absolute Gasteiger partial charge is 0.284 e. The van der Waals surface area contributed by atoms with Crippen molar-refractivity contribution in [3.8, 4) is 0 Å². The molecule has 0 rings (SSSR count). The average Bonchev–Trinajstić information content (AvgIpc) is 1.59. The molecule has 62 valence electrons. The molecule has 0 amide bonds. The molecule has 0 saturated heterocycles. The highest BCUT2D eigenvalue weighted by molar-refractivity contribution is 8.18. The fourth-order valence-corrected chi connectivity index (χ4v) is 1.38. The molecule has 6 nitrogen and oxygen atoms in total. The SMILES string of the molecule is O=S(=O)(O)C(S)S(=O)(=O)O. The molecule has 0 atom stereocenters. The van der Waals surface area contributed by atoms with E-state index in [1.807, 2.05) is 0 Å². The summed E-state index contributed by atoms with van der Waals surface area (Å²) in [6, 6.07) is 0. The fourth-order valence-electron chi connectivity index (χ4n) is 0.154. The minimum atomic E-state index is -4.83. The van der Waals surface area contributed by atoms with Crippen LogP contribution in [0.5, 0.6) is 0 Å². The molecule has 0 saturated carbocycles. The first kappa shape index (κ1) is 10.2. The van der Waals surface area contributed by atoms with Gasteiger partial charge in [0.15, 0.2) is 0 Å². The number of thiol groups is 1. The minimum absolute atomic E-state index is 2.49. The van der Waals surface area contributed by atoms with Crippen molar-refractivity contribution in [3.05, 3.63) is 0 Å². The molecule has 9 heteroatoms. The van der Waals surface area contributed by atoms with E-state index >= 15 is 0 Å². The van der Waals surface area contributed by atoms with Crippen molar-refractivity contribution in [3.63, 3.8) is 0 Å². The Morgan fingerprint density at radius 3 is 1.20 bits per heavy atom. The van der Waals surface area contributed by atoms with Crippen LogP contribution in [0.1, 0.15) is 0 Å². The molecule has 0 spiro atoms. The molecule has 0 radical (unpaired) electrons. The molecule has 0 heterocycles. The van der Waals surface area contributed by atoms with Gasteiger partial charge in [-0.15, -0.1) is 12.6 Å². The molecule has 0 aromatic rings. The molecular weight excluding hydrogens is 204 g/mol. The monoisotopic (exact) mass is 208 g/mol. The first-order valence-corrected chi connectivity index (χ1v) is 5.28. The van der Waals surface area contributed by atoms with Crippen molar-refractivity contribution in [2.45, 2.75) is 3.91 Å². The number of rotatable bonds is 2. The summed E-state index contributed by atoms with van der Waals surface area (Å²) in [5.41, 5.74) is 0. The van der Waals surface area contributed by atoms with Crippen LogP contribution in [0.4, 0.5) is 0 Å². The second-order valence-electron chi connectivity index (χ2n) is 1.34. The Kier molecular flexibility index (Phi) is 2.70. The maximum Gasteiger partial charge on any atom is 0.294 e. The summed E-state index contributed by atoms with van der Waals surface area (Å²) in [6.07, 6.45) is 0. The van der Waals surface area contributed by atoms with Crippen LogP contribution in [-0.4, -0.2) is 29.9 Å². The van der Waals surface area contributed by atoms with E-state index in [0.717, 1.165) is 0 Å². The van der Waals surface area contributed by atoms with E-state index in [0.29, 0.717) is 0 Å². The van der Waals surface area contributed by atoms with Gasteiger partial charge in [0.2, 0.25) is 0 Å². The summed E-state index contributed by atoms with van der Waals surface area (Å²) in [5, 5.41) is 0. The Morgan fingerprint density at radius 2 is 1.20 bits per heavy atom. The molecule has 0 aliphatic heterocycles. The number of hydrogen-bond acceptors (Lipinski definition) is 5. The fraction of sp³-hybridized carbons (Fsp3) is 1.00. The zero-order valence-corrected chi connectivity index (χ0v) is 6.90. The van der Waals surface area contributed by atoms with Crippen molar-refractivity contribution in [1.29, 1.82) is 0 Å². The third kappa shape index (κ3) is 2.84. The van der Waals surface area contributed by atoms with Gasteiger partial charge in [0.1, 0.15) is 0 Å². The molecule has 0 unspecified atom stereocenters. The lowest BCUT2D eigenvalue weighted by Gasteiger charge is -2.00. The van der Waals surface area contributed by atoms with Gasteiger partial charge in [0.25, 0.3) is 24.2 Å². The van der Waals surface area contributed by atoms with Crippen molar-refractivity contribution < 1.29 is 25.9 Å². The lowest BCUT2D eigenvalue weighted by Crippen LogP contribution is -2.23. The second-order valence-corrected chi connectivity index (χ2v) is 5.85. The number of hydrogen-bond donors (Lipinski definition) is 3.